The smallest absolute Gasteiger partial charge is 0.214 e. The second-order valence-corrected chi connectivity index (χ2v) is 16.0. The van der Waals surface area contributed by atoms with E-state index in [1.165, 1.54) is 0 Å². The maximum absolute atomic E-state index is 9.76. The minimum atomic E-state index is -1.96. The monoisotopic (exact) mass is 248 g/mol. The molecule has 4 heteroatoms. The molecule has 0 aliphatic carbocycles. The minimum Gasteiger partial charge on any atom is -0.412 e. The highest BCUT2D eigenvalue weighted by Gasteiger charge is 2.44. The molecule has 92 valence electrons. The fourth-order valence-electron chi connectivity index (χ4n) is 1.42. The van der Waals surface area contributed by atoms with E-state index < -0.39 is 16.4 Å². The molecular formula is C11H28O2Si2. The molecule has 0 amide bonds. The van der Waals surface area contributed by atoms with Crippen molar-refractivity contribution >= 4 is 16.4 Å². The molecule has 0 bridgehead atoms. The van der Waals surface area contributed by atoms with E-state index in [9.17, 15) is 5.11 Å². The first-order valence-corrected chi connectivity index (χ1v) is 12.3. The molecule has 0 radical (unpaired) electrons. The average Bonchev–Trinajstić information content (AvgIpc) is 2.01. The molecule has 0 rings (SSSR count). The third-order valence-electron chi connectivity index (χ3n) is 3.76. The van der Waals surface area contributed by atoms with Gasteiger partial charge in [-0.2, -0.15) is 0 Å². The SMILES string of the molecule is CC[C@@](C)(O[Si](C)(C)C(C)O)[Si](C)(C)C. The van der Waals surface area contributed by atoms with Gasteiger partial charge in [0.2, 0.25) is 8.32 Å². The van der Waals surface area contributed by atoms with Crippen LogP contribution < -0.4 is 0 Å². The molecule has 0 aromatic heterocycles. The topological polar surface area (TPSA) is 29.5 Å². The predicted molar refractivity (Wildman–Crippen MR) is 72.3 cm³/mol. The van der Waals surface area contributed by atoms with Crippen molar-refractivity contribution in [3.05, 3.63) is 0 Å². The van der Waals surface area contributed by atoms with Gasteiger partial charge >= 0.3 is 0 Å². The van der Waals surface area contributed by atoms with E-state index in [0.29, 0.717) is 0 Å². The highest BCUT2D eigenvalue weighted by Crippen LogP contribution is 2.32. The van der Waals surface area contributed by atoms with Crippen LogP contribution in [0.25, 0.3) is 0 Å². The second-order valence-electron chi connectivity index (χ2n) is 6.22. The van der Waals surface area contributed by atoms with Crippen molar-refractivity contribution in [2.45, 2.75) is 70.9 Å². The summed E-state index contributed by atoms with van der Waals surface area (Å²) >= 11 is 0. The van der Waals surface area contributed by atoms with Crippen molar-refractivity contribution < 1.29 is 9.53 Å². The van der Waals surface area contributed by atoms with Gasteiger partial charge < -0.3 is 9.53 Å². The first kappa shape index (κ1) is 15.4. The van der Waals surface area contributed by atoms with Crippen molar-refractivity contribution in [3.63, 3.8) is 0 Å². The van der Waals surface area contributed by atoms with E-state index in [-0.39, 0.29) is 11.0 Å². The summed E-state index contributed by atoms with van der Waals surface area (Å²) < 4.78 is 6.35. The fourth-order valence-corrected chi connectivity index (χ4v) is 5.97. The normalized spacial score (nSPS) is 19.8. The molecule has 0 heterocycles. The van der Waals surface area contributed by atoms with Crippen LogP contribution in [-0.4, -0.2) is 32.4 Å². The molecular weight excluding hydrogens is 220 g/mol. The van der Waals surface area contributed by atoms with Gasteiger partial charge in [-0.1, -0.05) is 26.6 Å². The van der Waals surface area contributed by atoms with Crippen molar-refractivity contribution in [2.24, 2.45) is 0 Å². The van der Waals surface area contributed by atoms with Gasteiger partial charge in [-0.05, 0) is 33.4 Å². The molecule has 0 spiro atoms. The molecule has 1 unspecified atom stereocenters. The predicted octanol–water partition coefficient (Wildman–Crippen LogP) is 3.17. The van der Waals surface area contributed by atoms with E-state index in [1.807, 2.05) is 6.92 Å². The highest BCUT2D eigenvalue weighted by atomic mass is 28.4. The van der Waals surface area contributed by atoms with Gasteiger partial charge in [0.1, 0.15) is 0 Å². The molecule has 1 N–H and O–H groups in total. The third-order valence-corrected chi connectivity index (χ3v) is 10.6. The van der Waals surface area contributed by atoms with Crippen LogP contribution in [0.4, 0.5) is 0 Å². The lowest BCUT2D eigenvalue weighted by atomic mass is 10.3. The summed E-state index contributed by atoms with van der Waals surface area (Å²) in [5.41, 5.74) is -0.306. The molecule has 15 heavy (non-hydrogen) atoms. The summed E-state index contributed by atoms with van der Waals surface area (Å²) in [7, 11) is -3.32. The molecule has 0 aliphatic rings. The van der Waals surface area contributed by atoms with Crippen molar-refractivity contribution in [1.29, 1.82) is 0 Å². The van der Waals surface area contributed by atoms with Crippen molar-refractivity contribution in [1.82, 2.24) is 0 Å². The minimum absolute atomic E-state index is 0.0142. The van der Waals surface area contributed by atoms with Gasteiger partial charge in [-0.25, -0.2) is 0 Å². The van der Waals surface area contributed by atoms with Crippen molar-refractivity contribution in [3.8, 4) is 0 Å². The first-order chi connectivity index (χ1) is 6.46. The molecule has 0 fully saturated rings. The van der Waals surface area contributed by atoms with E-state index in [0.717, 1.165) is 6.42 Å². The van der Waals surface area contributed by atoms with Crippen LogP contribution in [0, 0.1) is 0 Å². The van der Waals surface area contributed by atoms with E-state index in [1.54, 1.807) is 0 Å². The Morgan fingerprint density at radius 2 is 1.60 bits per heavy atom. The lowest BCUT2D eigenvalue weighted by Gasteiger charge is -2.46. The second kappa shape index (κ2) is 4.69. The fraction of sp³-hybridized carbons (Fsp3) is 1.00. The third kappa shape index (κ3) is 3.69. The van der Waals surface area contributed by atoms with Crippen LogP contribution in [0.15, 0.2) is 0 Å². The van der Waals surface area contributed by atoms with Crippen molar-refractivity contribution in [2.75, 3.05) is 0 Å². The Labute approximate surface area is 97.2 Å². The molecule has 2 nitrogen and oxygen atoms in total. The molecule has 0 aromatic rings. The quantitative estimate of drug-likeness (QED) is 0.757. The summed E-state index contributed by atoms with van der Waals surface area (Å²) in [5.74, 6) is 0. The molecule has 0 saturated carbocycles. The van der Waals surface area contributed by atoms with E-state index in [2.05, 4.69) is 46.6 Å². The largest absolute Gasteiger partial charge is 0.412 e. The molecule has 0 aliphatic heterocycles. The Morgan fingerprint density at radius 3 is 1.80 bits per heavy atom. The average molecular weight is 249 g/mol. The number of aliphatic hydroxyl groups excluding tert-OH is 1. The lowest BCUT2D eigenvalue weighted by Crippen LogP contribution is -2.59. The van der Waals surface area contributed by atoms with Gasteiger partial charge in [0.25, 0.3) is 0 Å². The van der Waals surface area contributed by atoms with Crippen LogP contribution in [0.5, 0.6) is 0 Å². The molecule has 2 atom stereocenters. The Hall–Kier alpha value is 0.354. The van der Waals surface area contributed by atoms with Crippen LogP contribution in [0.1, 0.15) is 27.2 Å². The number of aliphatic hydroxyl groups is 1. The van der Waals surface area contributed by atoms with E-state index in [4.69, 9.17) is 4.43 Å². The summed E-state index contributed by atoms with van der Waals surface area (Å²) in [6.45, 7) is 17.5. The summed E-state index contributed by atoms with van der Waals surface area (Å²) in [5, 5.41) is 9.74. The Morgan fingerprint density at radius 1 is 1.20 bits per heavy atom. The zero-order valence-electron chi connectivity index (χ0n) is 11.6. The Balaban J connectivity index is 4.88. The summed E-state index contributed by atoms with van der Waals surface area (Å²) in [6, 6.07) is 0. The standard InChI is InChI=1S/C11H28O2Si2/c1-9-11(3,14(4,5)6)13-15(7,8)10(2)12/h10,12H,9H2,1-8H3/t10?,11-/m0/s1. The summed E-state index contributed by atoms with van der Waals surface area (Å²) in [6.07, 6.45) is 1.03. The van der Waals surface area contributed by atoms with Crippen LogP contribution in [-0.2, 0) is 4.43 Å². The maximum Gasteiger partial charge on any atom is 0.214 e. The maximum atomic E-state index is 9.76. The number of hydrogen-bond donors (Lipinski definition) is 1. The van der Waals surface area contributed by atoms with Gasteiger partial charge in [-0.15, -0.1) is 0 Å². The zero-order chi connectivity index (χ0) is 12.5. The van der Waals surface area contributed by atoms with Crippen LogP contribution in [0.3, 0.4) is 0 Å². The summed E-state index contributed by atoms with van der Waals surface area (Å²) in [4.78, 5) is 0. The molecule has 0 saturated heterocycles. The lowest BCUT2D eigenvalue weighted by molar-refractivity contribution is 0.120. The van der Waals surface area contributed by atoms with Crippen LogP contribution >= 0.6 is 0 Å². The van der Waals surface area contributed by atoms with Gasteiger partial charge in [-0.3, -0.25) is 0 Å². The zero-order valence-corrected chi connectivity index (χ0v) is 13.6. The number of hydrogen-bond acceptors (Lipinski definition) is 2. The molecule has 0 aromatic carbocycles. The Bertz CT molecular complexity index is 209. The van der Waals surface area contributed by atoms with E-state index >= 15 is 0 Å². The number of rotatable bonds is 5. The highest BCUT2D eigenvalue weighted by molar-refractivity contribution is 6.81. The Kier molecular flexibility index (Phi) is 4.80. The first-order valence-electron chi connectivity index (χ1n) is 5.84. The van der Waals surface area contributed by atoms with Gasteiger partial charge in [0, 0.05) is 5.22 Å². The van der Waals surface area contributed by atoms with Gasteiger partial charge in [0.05, 0.1) is 13.8 Å². The van der Waals surface area contributed by atoms with Crippen LogP contribution in [0.2, 0.25) is 32.7 Å². The van der Waals surface area contributed by atoms with Gasteiger partial charge in [0.15, 0.2) is 0 Å².